The van der Waals surface area contributed by atoms with Crippen LogP contribution in [0.4, 0.5) is 10.5 Å². The molecular weight excluding hydrogens is 468 g/mol. The molecule has 0 aliphatic heterocycles. The van der Waals surface area contributed by atoms with Crippen LogP contribution in [-0.2, 0) is 24.9 Å². The van der Waals surface area contributed by atoms with Crippen molar-refractivity contribution in [1.82, 2.24) is 14.4 Å². The number of aromatic nitrogens is 1. The lowest BCUT2D eigenvalue weighted by Gasteiger charge is -2.27. The topological polar surface area (TPSA) is 57.6 Å². The third-order valence-electron chi connectivity index (χ3n) is 5.05. The van der Waals surface area contributed by atoms with E-state index in [1.54, 1.807) is 17.0 Å². The average molecular weight is 495 g/mol. The van der Waals surface area contributed by atoms with E-state index in [2.05, 4.69) is 27.8 Å². The number of hydrogen-bond acceptors (Lipinski definition) is 2. The van der Waals surface area contributed by atoms with E-state index in [0.717, 1.165) is 15.7 Å². The zero-order valence-corrected chi connectivity index (χ0v) is 19.7. The molecule has 0 spiro atoms. The summed E-state index contributed by atoms with van der Waals surface area (Å²) in [5.74, 6) is -0.140. The summed E-state index contributed by atoms with van der Waals surface area (Å²) in [5.41, 5.74) is 2.69. The number of benzene rings is 2. The molecule has 0 radical (unpaired) electrons. The molecule has 0 saturated heterocycles. The van der Waals surface area contributed by atoms with Crippen LogP contribution in [0, 0.1) is 0 Å². The highest BCUT2D eigenvalue weighted by molar-refractivity contribution is 9.10. The summed E-state index contributed by atoms with van der Waals surface area (Å²) in [6, 6.07) is 20.8. The maximum atomic E-state index is 13.3. The number of hydrogen-bond donors (Lipinski definition) is 1. The van der Waals surface area contributed by atoms with Crippen LogP contribution in [0.2, 0.25) is 0 Å². The van der Waals surface area contributed by atoms with Gasteiger partial charge in [0.1, 0.15) is 6.54 Å². The average Bonchev–Trinajstić information content (AvgIpc) is 3.19. The Labute approximate surface area is 197 Å². The van der Waals surface area contributed by atoms with Gasteiger partial charge in [0, 0.05) is 36.5 Å². The highest BCUT2D eigenvalue weighted by Gasteiger charge is 2.22. The summed E-state index contributed by atoms with van der Waals surface area (Å²) in [6.07, 6.45) is 3.57. The van der Waals surface area contributed by atoms with Gasteiger partial charge in [-0.15, -0.1) is 6.58 Å². The van der Waals surface area contributed by atoms with Crippen molar-refractivity contribution in [3.63, 3.8) is 0 Å². The Morgan fingerprint density at radius 1 is 1.00 bits per heavy atom. The lowest BCUT2D eigenvalue weighted by molar-refractivity contribution is -0.133. The number of rotatable bonds is 9. The van der Waals surface area contributed by atoms with Crippen LogP contribution in [0.3, 0.4) is 0 Å². The van der Waals surface area contributed by atoms with Crippen LogP contribution in [0.15, 0.2) is 90.1 Å². The lowest BCUT2D eigenvalue weighted by atomic mass is 10.2. The molecule has 0 saturated carbocycles. The quantitative estimate of drug-likeness (QED) is 0.423. The zero-order chi connectivity index (χ0) is 22.9. The second-order valence-corrected chi connectivity index (χ2v) is 8.28. The Balaban J connectivity index is 1.76. The van der Waals surface area contributed by atoms with E-state index in [-0.39, 0.29) is 25.0 Å². The Morgan fingerprint density at radius 3 is 2.38 bits per heavy atom. The van der Waals surface area contributed by atoms with E-state index in [4.69, 9.17) is 0 Å². The van der Waals surface area contributed by atoms with Crippen LogP contribution in [0.25, 0.3) is 0 Å². The van der Waals surface area contributed by atoms with Crippen LogP contribution < -0.4 is 5.32 Å². The summed E-state index contributed by atoms with van der Waals surface area (Å²) < 4.78 is 2.76. The molecule has 7 heteroatoms. The van der Waals surface area contributed by atoms with Crippen molar-refractivity contribution in [2.75, 3.05) is 18.4 Å². The minimum absolute atomic E-state index is 0.0560. The third-order valence-corrected chi connectivity index (χ3v) is 5.74. The normalized spacial score (nSPS) is 10.4. The van der Waals surface area contributed by atoms with Crippen molar-refractivity contribution in [2.24, 2.45) is 7.05 Å². The summed E-state index contributed by atoms with van der Waals surface area (Å²) in [7, 11) is 1.95. The van der Waals surface area contributed by atoms with Crippen molar-refractivity contribution in [3.05, 3.63) is 101 Å². The number of urea groups is 1. The molecule has 1 N–H and O–H groups in total. The number of nitrogens with one attached hydrogen (secondary N) is 1. The van der Waals surface area contributed by atoms with Gasteiger partial charge in [-0.3, -0.25) is 4.79 Å². The van der Waals surface area contributed by atoms with Gasteiger partial charge in [-0.05, 0) is 45.8 Å². The SMILES string of the molecule is C=CCN(CC(=O)N(Cc1ccccc1)Cc1cccn1C)C(=O)Nc1ccccc1Br. The standard InChI is InChI=1S/C25H27BrN4O2/c1-3-15-29(25(32)27-23-14-8-7-13-22(23)26)19-24(31)30(17-20-10-5-4-6-11-20)18-21-12-9-16-28(21)2/h3-14,16H,1,15,17-19H2,2H3,(H,27,32). The maximum Gasteiger partial charge on any atom is 0.322 e. The number of anilines is 1. The molecule has 0 unspecified atom stereocenters. The molecule has 3 aromatic rings. The van der Waals surface area contributed by atoms with Gasteiger partial charge in [-0.25, -0.2) is 4.79 Å². The van der Waals surface area contributed by atoms with Gasteiger partial charge in [0.15, 0.2) is 0 Å². The second kappa shape index (κ2) is 11.3. The van der Waals surface area contributed by atoms with Crippen molar-refractivity contribution < 1.29 is 9.59 Å². The highest BCUT2D eigenvalue weighted by atomic mass is 79.9. The predicted octanol–water partition coefficient (Wildman–Crippen LogP) is 5.04. The van der Waals surface area contributed by atoms with Crippen molar-refractivity contribution in [3.8, 4) is 0 Å². The first-order chi connectivity index (χ1) is 15.5. The summed E-state index contributed by atoms with van der Waals surface area (Å²) in [4.78, 5) is 29.5. The molecule has 2 aromatic carbocycles. The number of nitrogens with zero attached hydrogens (tertiary/aromatic N) is 3. The van der Waals surface area contributed by atoms with Crippen LogP contribution in [0.1, 0.15) is 11.3 Å². The first-order valence-corrected chi connectivity index (χ1v) is 11.1. The van der Waals surface area contributed by atoms with E-state index < -0.39 is 0 Å². The molecular formula is C25H27BrN4O2. The Hall–Kier alpha value is -3.32. The van der Waals surface area contributed by atoms with Crippen LogP contribution in [-0.4, -0.2) is 39.4 Å². The van der Waals surface area contributed by atoms with Gasteiger partial charge in [-0.1, -0.05) is 48.5 Å². The van der Waals surface area contributed by atoms with E-state index >= 15 is 0 Å². The fraction of sp³-hybridized carbons (Fsp3) is 0.200. The lowest BCUT2D eigenvalue weighted by Crippen LogP contribution is -2.44. The number of carbonyl (C=O) groups excluding carboxylic acids is 2. The Morgan fingerprint density at radius 2 is 1.72 bits per heavy atom. The maximum absolute atomic E-state index is 13.3. The zero-order valence-electron chi connectivity index (χ0n) is 18.1. The molecule has 0 fully saturated rings. The molecule has 0 aliphatic rings. The monoisotopic (exact) mass is 494 g/mol. The molecule has 3 rings (SSSR count). The van der Waals surface area contributed by atoms with Crippen molar-refractivity contribution in [2.45, 2.75) is 13.1 Å². The van der Waals surface area contributed by atoms with E-state index in [1.165, 1.54) is 4.90 Å². The van der Waals surface area contributed by atoms with Gasteiger partial charge in [0.25, 0.3) is 0 Å². The minimum atomic E-state index is -0.358. The molecule has 166 valence electrons. The number of aryl methyl sites for hydroxylation is 1. The van der Waals surface area contributed by atoms with Gasteiger partial charge >= 0.3 is 6.03 Å². The summed E-state index contributed by atoms with van der Waals surface area (Å²) >= 11 is 3.43. The van der Waals surface area contributed by atoms with E-state index in [1.807, 2.05) is 78.5 Å². The molecule has 0 aliphatic carbocycles. The molecule has 0 bridgehead atoms. The minimum Gasteiger partial charge on any atom is -0.353 e. The smallest absolute Gasteiger partial charge is 0.322 e. The third kappa shape index (κ3) is 6.34. The number of carbonyl (C=O) groups is 2. The molecule has 3 amide bonds. The molecule has 6 nitrogen and oxygen atoms in total. The first-order valence-electron chi connectivity index (χ1n) is 10.3. The Bertz CT molecular complexity index is 1060. The van der Waals surface area contributed by atoms with Gasteiger partial charge in [0.05, 0.1) is 12.2 Å². The molecule has 32 heavy (non-hydrogen) atoms. The van der Waals surface area contributed by atoms with Crippen LogP contribution in [0.5, 0.6) is 0 Å². The summed E-state index contributed by atoms with van der Waals surface area (Å²) in [5, 5.41) is 2.86. The highest BCUT2D eigenvalue weighted by Crippen LogP contribution is 2.21. The van der Waals surface area contributed by atoms with Crippen LogP contribution >= 0.6 is 15.9 Å². The van der Waals surface area contributed by atoms with Gasteiger partial charge in [0.2, 0.25) is 5.91 Å². The molecule has 1 aromatic heterocycles. The molecule has 0 atom stereocenters. The first kappa shape index (κ1) is 23.3. The fourth-order valence-corrected chi connectivity index (χ4v) is 3.67. The van der Waals surface area contributed by atoms with Crippen molar-refractivity contribution in [1.29, 1.82) is 0 Å². The predicted molar refractivity (Wildman–Crippen MR) is 131 cm³/mol. The number of amides is 3. The van der Waals surface area contributed by atoms with Gasteiger partial charge < -0.3 is 19.7 Å². The number of halogens is 1. The second-order valence-electron chi connectivity index (χ2n) is 7.43. The van der Waals surface area contributed by atoms with Gasteiger partial charge in [-0.2, -0.15) is 0 Å². The largest absolute Gasteiger partial charge is 0.353 e. The van der Waals surface area contributed by atoms with E-state index in [9.17, 15) is 9.59 Å². The summed E-state index contributed by atoms with van der Waals surface area (Å²) in [6.45, 7) is 4.85. The number of para-hydroxylation sites is 1. The fourth-order valence-electron chi connectivity index (χ4n) is 3.29. The Kier molecular flexibility index (Phi) is 8.27. The van der Waals surface area contributed by atoms with Crippen molar-refractivity contribution >= 4 is 33.6 Å². The van der Waals surface area contributed by atoms with E-state index in [0.29, 0.717) is 18.8 Å². The molecule has 1 heterocycles.